The standard InChI is InChI=1S/C27H31ClFN5O4/c1-36-24-14-20-23(30-17-31-27(20)32-18-3-4-22(29)21(28)13-18)15-25(24)37-11-2-7-33-8-5-19(6-9-33)34-10-12-38-26(35)16-34/h3-4,13-15,17,19H,2,5-12,16H2,1H3,(H,30,31,32). The van der Waals surface area contributed by atoms with Gasteiger partial charge in [0, 0.05) is 36.3 Å². The first-order valence-corrected chi connectivity index (χ1v) is 13.2. The van der Waals surface area contributed by atoms with Crippen molar-refractivity contribution in [3.05, 3.63) is 47.5 Å². The van der Waals surface area contributed by atoms with Crippen LogP contribution in [-0.2, 0) is 9.53 Å². The third-order valence-corrected chi connectivity index (χ3v) is 7.32. The molecule has 1 aromatic heterocycles. The molecular formula is C27H31ClFN5O4. The molecule has 2 aliphatic heterocycles. The topological polar surface area (TPSA) is 89.1 Å². The number of fused-ring (bicyclic) bond motifs is 1. The summed E-state index contributed by atoms with van der Waals surface area (Å²) in [5.41, 5.74) is 1.30. The Kier molecular flexibility index (Phi) is 8.41. The number of benzene rings is 2. The molecule has 3 aromatic rings. The lowest BCUT2D eigenvalue weighted by Gasteiger charge is -2.39. The van der Waals surface area contributed by atoms with Gasteiger partial charge in [0.2, 0.25) is 0 Å². The van der Waals surface area contributed by atoms with Gasteiger partial charge in [-0.05, 0) is 56.6 Å². The van der Waals surface area contributed by atoms with Gasteiger partial charge in [0.1, 0.15) is 24.6 Å². The van der Waals surface area contributed by atoms with E-state index in [-0.39, 0.29) is 11.0 Å². The van der Waals surface area contributed by atoms with Gasteiger partial charge in [-0.1, -0.05) is 11.6 Å². The Balaban J connectivity index is 1.15. The number of morpholine rings is 1. The molecule has 2 saturated heterocycles. The minimum absolute atomic E-state index is 0.0274. The highest BCUT2D eigenvalue weighted by molar-refractivity contribution is 6.31. The predicted molar refractivity (Wildman–Crippen MR) is 143 cm³/mol. The quantitative estimate of drug-likeness (QED) is 0.314. The Morgan fingerprint density at radius 1 is 1.16 bits per heavy atom. The Hall–Kier alpha value is -3.21. The summed E-state index contributed by atoms with van der Waals surface area (Å²) in [5, 5.41) is 3.94. The van der Waals surface area contributed by atoms with Crippen molar-refractivity contribution in [2.24, 2.45) is 0 Å². The van der Waals surface area contributed by atoms with Crippen LogP contribution in [0.4, 0.5) is 15.9 Å². The zero-order valence-corrected chi connectivity index (χ0v) is 22.0. The largest absolute Gasteiger partial charge is 0.493 e. The van der Waals surface area contributed by atoms with Crippen molar-refractivity contribution in [2.75, 3.05) is 58.4 Å². The van der Waals surface area contributed by atoms with Gasteiger partial charge >= 0.3 is 5.97 Å². The molecule has 2 aliphatic rings. The summed E-state index contributed by atoms with van der Waals surface area (Å²) < 4.78 is 30.3. The van der Waals surface area contributed by atoms with Crippen molar-refractivity contribution in [3.63, 3.8) is 0 Å². The summed E-state index contributed by atoms with van der Waals surface area (Å²) in [6.45, 7) is 5.27. The van der Waals surface area contributed by atoms with Crippen molar-refractivity contribution >= 4 is 40.0 Å². The van der Waals surface area contributed by atoms with Crippen molar-refractivity contribution in [3.8, 4) is 11.5 Å². The number of nitrogens with one attached hydrogen (secondary N) is 1. The number of cyclic esters (lactones) is 1. The number of piperidine rings is 1. The fourth-order valence-corrected chi connectivity index (χ4v) is 5.18. The summed E-state index contributed by atoms with van der Waals surface area (Å²) in [6.07, 6.45) is 4.46. The van der Waals surface area contributed by atoms with Gasteiger partial charge in [-0.3, -0.25) is 9.69 Å². The fraction of sp³-hybridized carbons (Fsp3) is 0.444. The van der Waals surface area contributed by atoms with Crippen LogP contribution in [0, 0.1) is 5.82 Å². The monoisotopic (exact) mass is 543 g/mol. The van der Waals surface area contributed by atoms with Crippen LogP contribution in [0.3, 0.4) is 0 Å². The number of anilines is 2. The van der Waals surface area contributed by atoms with Crippen LogP contribution in [0.2, 0.25) is 5.02 Å². The van der Waals surface area contributed by atoms with E-state index in [0.29, 0.717) is 54.3 Å². The first kappa shape index (κ1) is 26.4. The number of hydrogen-bond acceptors (Lipinski definition) is 9. The highest BCUT2D eigenvalue weighted by Gasteiger charge is 2.28. The smallest absolute Gasteiger partial charge is 0.320 e. The molecule has 3 heterocycles. The molecule has 0 spiro atoms. The van der Waals surface area contributed by atoms with Gasteiger partial charge in [0.15, 0.2) is 11.5 Å². The zero-order chi connectivity index (χ0) is 26.5. The number of rotatable bonds is 9. The second-order valence-electron chi connectivity index (χ2n) is 9.46. The predicted octanol–water partition coefficient (Wildman–Crippen LogP) is 4.27. The molecule has 2 fully saturated rings. The maximum absolute atomic E-state index is 13.5. The number of likely N-dealkylation sites (tertiary alicyclic amines) is 1. The SMILES string of the molecule is COc1cc2c(Nc3ccc(F)c(Cl)c3)ncnc2cc1OCCCN1CCC(N2CCOC(=O)C2)CC1. The maximum atomic E-state index is 13.5. The van der Waals surface area contributed by atoms with Crippen molar-refractivity contribution in [2.45, 2.75) is 25.3 Å². The van der Waals surface area contributed by atoms with E-state index in [1.54, 1.807) is 13.2 Å². The minimum Gasteiger partial charge on any atom is -0.493 e. The van der Waals surface area contributed by atoms with Crippen LogP contribution in [0.1, 0.15) is 19.3 Å². The number of carbonyl (C=O) groups excluding carboxylic acids is 1. The Bertz CT molecular complexity index is 1290. The van der Waals surface area contributed by atoms with Crippen LogP contribution in [-0.4, -0.2) is 84.8 Å². The van der Waals surface area contributed by atoms with Crippen LogP contribution >= 0.6 is 11.6 Å². The molecule has 38 heavy (non-hydrogen) atoms. The van der Waals surface area contributed by atoms with E-state index in [0.717, 1.165) is 50.8 Å². The molecule has 5 rings (SSSR count). The average Bonchev–Trinajstić information content (AvgIpc) is 2.93. The van der Waals surface area contributed by atoms with Gasteiger partial charge in [-0.15, -0.1) is 0 Å². The number of methoxy groups -OCH3 is 1. The summed E-state index contributed by atoms with van der Waals surface area (Å²) in [7, 11) is 1.59. The lowest BCUT2D eigenvalue weighted by atomic mass is 10.0. The van der Waals surface area contributed by atoms with E-state index in [9.17, 15) is 9.18 Å². The Morgan fingerprint density at radius 3 is 2.76 bits per heavy atom. The normalized spacial score (nSPS) is 17.4. The molecule has 1 N–H and O–H groups in total. The molecule has 9 nitrogen and oxygen atoms in total. The van der Waals surface area contributed by atoms with E-state index >= 15 is 0 Å². The number of aromatic nitrogens is 2. The molecule has 0 saturated carbocycles. The third-order valence-electron chi connectivity index (χ3n) is 7.03. The van der Waals surface area contributed by atoms with E-state index in [4.69, 9.17) is 25.8 Å². The average molecular weight is 544 g/mol. The number of hydrogen-bond donors (Lipinski definition) is 1. The lowest BCUT2D eigenvalue weighted by molar-refractivity contribution is -0.152. The molecule has 11 heteroatoms. The molecule has 2 aromatic carbocycles. The molecule has 0 radical (unpaired) electrons. The van der Waals surface area contributed by atoms with Gasteiger partial charge in [0.05, 0.1) is 30.8 Å². The van der Waals surface area contributed by atoms with E-state index in [1.165, 1.54) is 18.5 Å². The van der Waals surface area contributed by atoms with Gasteiger partial charge in [-0.2, -0.15) is 0 Å². The van der Waals surface area contributed by atoms with E-state index in [2.05, 4.69) is 25.1 Å². The molecule has 0 aliphatic carbocycles. The van der Waals surface area contributed by atoms with Crippen molar-refractivity contribution in [1.29, 1.82) is 0 Å². The molecule has 0 unspecified atom stereocenters. The van der Waals surface area contributed by atoms with E-state index < -0.39 is 5.82 Å². The summed E-state index contributed by atoms with van der Waals surface area (Å²) in [5.74, 6) is 1.14. The summed E-state index contributed by atoms with van der Waals surface area (Å²) in [4.78, 5) is 25.0. The molecular weight excluding hydrogens is 513 g/mol. The Labute approximate surface area is 225 Å². The van der Waals surface area contributed by atoms with Gasteiger partial charge in [-0.25, -0.2) is 14.4 Å². The minimum atomic E-state index is -0.483. The van der Waals surface area contributed by atoms with Crippen LogP contribution in [0.5, 0.6) is 11.5 Å². The van der Waals surface area contributed by atoms with Gasteiger partial charge < -0.3 is 24.4 Å². The van der Waals surface area contributed by atoms with Crippen molar-refractivity contribution in [1.82, 2.24) is 19.8 Å². The van der Waals surface area contributed by atoms with Crippen LogP contribution in [0.15, 0.2) is 36.7 Å². The van der Waals surface area contributed by atoms with Gasteiger partial charge in [0.25, 0.3) is 0 Å². The van der Waals surface area contributed by atoms with Crippen LogP contribution in [0.25, 0.3) is 10.9 Å². The number of esters is 1. The highest BCUT2D eigenvalue weighted by atomic mass is 35.5. The first-order chi connectivity index (χ1) is 18.5. The fourth-order valence-electron chi connectivity index (χ4n) is 5.00. The molecule has 0 bridgehead atoms. The Morgan fingerprint density at radius 2 is 2.00 bits per heavy atom. The summed E-state index contributed by atoms with van der Waals surface area (Å²) in [6, 6.07) is 8.53. The van der Waals surface area contributed by atoms with E-state index in [1.807, 2.05) is 12.1 Å². The maximum Gasteiger partial charge on any atom is 0.320 e. The lowest BCUT2D eigenvalue weighted by Crippen LogP contribution is -2.50. The third kappa shape index (κ3) is 6.25. The zero-order valence-electron chi connectivity index (χ0n) is 21.3. The second kappa shape index (κ2) is 12.1. The number of carbonyl (C=O) groups is 1. The van der Waals surface area contributed by atoms with Crippen molar-refractivity contribution < 1.29 is 23.4 Å². The second-order valence-corrected chi connectivity index (χ2v) is 9.87. The van der Waals surface area contributed by atoms with Crippen LogP contribution < -0.4 is 14.8 Å². The number of nitrogens with zero attached hydrogens (tertiary/aromatic N) is 4. The number of ether oxygens (including phenoxy) is 3. The summed E-state index contributed by atoms with van der Waals surface area (Å²) >= 11 is 5.92. The highest BCUT2D eigenvalue weighted by Crippen LogP contribution is 2.35. The molecule has 0 atom stereocenters. The first-order valence-electron chi connectivity index (χ1n) is 12.8. The molecule has 0 amide bonds. The molecule has 202 valence electrons. The number of halogens is 2.